The minimum Gasteiger partial charge on any atom is -0.334 e. The van der Waals surface area contributed by atoms with E-state index >= 15 is 0 Å². The van der Waals surface area contributed by atoms with Crippen molar-refractivity contribution in [2.24, 2.45) is 4.99 Å². The molecule has 0 fully saturated rings. The number of aromatic nitrogens is 2. The molecular weight excluding hydrogens is 348 g/mol. The molecule has 28 heavy (non-hydrogen) atoms. The number of hydrogen-bond acceptors (Lipinski definition) is 4. The van der Waals surface area contributed by atoms with E-state index in [0.29, 0.717) is 26.1 Å². The number of aryl methyl sites for hydroxylation is 1. The van der Waals surface area contributed by atoms with Gasteiger partial charge in [0.1, 0.15) is 6.33 Å². The second kappa shape index (κ2) is 6.68. The van der Waals surface area contributed by atoms with Crippen LogP contribution < -0.4 is 0 Å². The van der Waals surface area contributed by atoms with Crippen LogP contribution in [0.1, 0.15) is 38.9 Å². The Balaban J connectivity index is 1.45. The van der Waals surface area contributed by atoms with E-state index in [1.165, 1.54) is 28.6 Å². The van der Waals surface area contributed by atoms with E-state index in [0.717, 1.165) is 22.4 Å². The topological polar surface area (TPSA) is 58.5 Å². The molecule has 0 spiro atoms. The first-order chi connectivity index (χ1) is 13.7. The first kappa shape index (κ1) is 16.8. The zero-order valence-electron chi connectivity index (χ0n) is 15.7. The van der Waals surface area contributed by atoms with Crippen LogP contribution in [0.4, 0.5) is 0 Å². The number of rotatable bonds is 3. The molecule has 0 aliphatic carbocycles. The Hall–Kier alpha value is -3.34. The summed E-state index contributed by atoms with van der Waals surface area (Å²) < 4.78 is 0. The maximum Gasteiger partial charge on any atom is 0.227 e. The number of aliphatic imine (C=N–C) groups is 1. The second-order valence-electron chi connectivity index (χ2n) is 7.49. The first-order valence-electron chi connectivity index (χ1n) is 9.45. The molecular formula is C23H20N4O. The molecule has 5 nitrogen and oxygen atoms in total. The highest BCUT2D eigenvalue weighted by atomic mass is 16.2. The van der Waals surface area contributed by atoms with Crippen LogP contribution in [0.2, 0.25) is 0 Å². The summed E-state index contributed by atoms with van der Waals surface area (Å²) in [4.78, 5) is 27.6. The molecule has 5 heteroatoms. The lowest BCUT2D eigenvalue weighted by Gasteiger charge is -2.29. The van der Waals surface area contributed by atoms with Crippen molar-refractivity contribution >= 4 is 11.6 Å². The molecule has 3 heterocycles. The minimum absolute atomic E-state index is 0.185. The van der Waals surface area contributed by atoms with Gasteiger partial charge in [-0.3, -0.25) is 9.79 Å². The lowest BCUT2D eigenvalue weighted by molar-refractivity contribution is -0.132. The van der Waals surface area contributed by atoms with Gasteiger partial charge < -0.3 is 4.90 Å². The lowest BCUT2D eigenvalue weighted by Crippen LogP contribution is -2.35. The predicted octanol–water partition coefficient (Wildman–Crippen LogP) is 3.22. The van der Waals surface area contributed by atoms with Gasteiger partial charge in [0.25, 0.3) is 0 Å². The molecule has 0 saturated heterocycles. The fraction of sp³-hybridized carbons (Fsp3) is 0.217. The standard InChI is InChI=1S/C23H20N4O/c1-15-3-2-4-16(5-15)12-27-13-19-7-21-18(6-17(19)8-22(27)28)11-26-23(21)20-9-24-14-25-10-20/h2-7,9-10,14H,8,11-13H2,1H3. The number of carbonyl (C=O) groups is 1. The van der Waals surface area contributed by atoms with E-state index in [2.05, 4.69) is 47.2 Å². The summed E-state index contributed by atoms with van der Waals surface area (Å²) in [6.07, 6.45) is 5.58. The number of carbonyl (C=O) groups excluding carboxylic acids is 1. The first-order valence-corrected chi connectivity index (χ1v) is 9.45. The third kappa shape index (κ3) is 2.99. The van der Waals surface area contributed by atoms with Crippen LogP contribution in [-0.4, -0.2) is 26.5 Å². The molecule has 0 bridgehead atoms. The van der Waals surface area contributed by atoms with Crippen molar-refractivity contribution in [3.63, 3.8) is 0 Å². The molecule has 0 atom stereocenters. The summed E-state index contributed by atoms with van der Waals surface area (Å²) in [7, 11) is 0. The van der Waals surface area contributed by atoms with E-state index in [1.807, 2.05) is 11.0 Å². The molecule has 1 amide bonds. The van der Waals surface area contributed by atoms with Gasteiger partial charge in [-0.25, -0.2) is 9.97 Å². The van der Waals surface area contributed by atoms with Crippen molar-refractivity contribution in [1.82, 2.24) is 14.9 Å². The van der Waals surface area contributed by atoms with E-state index < -0.39 is 0 Å². The van der Waals surface area contributed by atoms with Gasteiger partial charge in [-0.2, -0.15) is 0 Å². The number of nitrogens with zero attached hydrogens (tertiary/aromatic N) is 4. The average Bonchev–Trinajstić information content (AvgIpc) is 3.10. The zero-order chi connectivity index (χ0) is 19.1. The van der Waals surface area contributed by atoms with Crippen LogP contribution in [0.15, 0.2) is 60.1 Å². The molecule has 138 valence electrons. The van der Waals surface area contributed by atoms with Crippen molar-refractivity contribution in [3.05, 3.63) is 94.1 Å². The van der Waals surface area contributed by atoms with Crippen LogP contribution >= 0.6 is 0 Å². The number of amides is 1. The fourth-order valence-corrected chi connectivity index (χ4v) is 4.06. The Morgan fingerprint density at radius 3 is 2.71 bits per heavy atom. The molecule has 0 saturated carbocycles. The maximum atomic E-state index is 12.7. The predicted molar refractivity (Wildman–Crippen MR) is 107 cm³/mol. The van der Waals surface area contributed by atoms with Crippen molar-refractivity contribution < 1.29 is 4.79 Å². The monoisotopic (exact) mass is 368 g/mol. The maximum absolute atomic E-state index is 12.7. The van der Waals surface area contributed by atoms with Gasteiger partial charge in [-0.1, -0.05) is 35.9 Å². The molecule has 0 N–H and O–H groups in total. The molecule has 2 aliphatic rings. The van der Waals surface area contributed by atoms with Gasteiger partial charge in [0.05, 0.1) is 18.7 Å². The molecule has 2 aliphatic heterocycles. The quantitative estimate of drug-likeness (QED) is 0.713. The molecule has 2 aromatic carbocycles. The molecule has 5 rings (SSSR count). The summed E-state index contributed by atoms with van der Waals surface area (Å²) in [5, 5.41) is 0. The van der Waals surface area contributed by atoms with Gasteiger partial charge in [-0.15, -0.1) is 0 Å². The number of fused-ring (bicyclic) bond motifs is 2. The van der Waals surface area contributed by atoms with E-state index in [-0.39, 0.29) is 5.91 Å². The van der Waals surface area contributed by atoms with Crippen molar-refractivity contribution in [1.29, 1.82) is 0 Å². The molecule has 1 aromatic heterocycles. The highest BCUT2D eigenvalue weighted by molar-refractivity contribution is 6.15. The van der Waals surface area contributed by atoms with Crippen molar-refractivity contribution in [2.45, 2.75) is 33.0 Å². The van der Waals surface area contributed by atoms with Gasteiger partial charge in [-0.05, 0) is 35.2 Å². The van der Waals surface area contributed by atoms with Gasteiger partial charge in [0, 0.05) is 36.6 Å². The third-order valence-corrected chi connectivity index (χ3v) is 5.43. The summed E-state index contributed by atoms with van der Waals surface area (Å²) in [6, 6.07) is 12.7. The normalized spacial score (nSPS) is 15.2. The summed E-state index contributed by atoms with van der Waals surface area (Å²) in [6.45, 7) is 4.00. The second-order valence-corrected chi connectivity index (χ2v) is 7.49. The SMILES string of the molecule is Cc1cccc(CN2Cc3cc4c(cc3CC2=O)CN=C4c2cncnc2)c1. The highest BCUT2D eigenvalue weighted by Crippen LogP contribution is 2.30. The summed E-state index contributed by atoms with van der Waals surface area (Å²) in [5.74, 6) is 0.185. The van der Waals surface area contributed by atoms with Crippen LogP contribution in [0.25, 0.3) is 0 Å². The van der Waals surface area contributed by atoms with Crippen molar-refractivity contribution in [2.75, 3.05) is 0 Å². The van der Waals surface area contributed by atoms with Crippen LogP contribution in [-0.2, 0) is 30.8 Å². The Morgan fingerprint density at radius 2 is 1.89 bits per heavy atom. The average molecular weight is 368 g/mol. The van der Waals surface area contributed by atoms with E-state index in [4.69, 9.17) is 4.99 Å². The van der Waals surface area contributed by atoms with Gasteiger partial charge in [0.15, 0.2) is 0 Å². The Morgan fingerprint density at radius 1 is 1.04 bits per heavy atom. The Kier molecular flexibility index (Phi) is 4.01. The lowest BCUT2D eigenvalue weighted by atomic mass is 9.91. The van der Waals surface area contributed by atoms with E-state index in [1.54, 1.807) is 12.4 Å². The van der Waals surface area contributed by atoms with Crippen LogP contribution in [0.3, 0.4) is 0 Å². The van der Waals surface area contributed by atoms with E-state index in [9.17, 15) is 4.79 Å². The highest BCUT2D eigenvalue weighted by Gasteiger charge is 2.27. The Bertz CT molecular complexity index is 1100. The largest absolute Gasteiger partial charge is 0.334 e. The third-order valence-electron chi connectivity index (χ3n) is 5.43. The Labute approximate surface area is 163 Å². The molecule has 3 aromatic rings. The summed E-state index contributed by atoms with van der Waals surface area (Å²) in [5.41, 5.74) is 8.91. The minimum atomic E-state index is 0.185. The van der Waals surface area contributed by atoms with Crippen LogP contribution in [0.5, 0.6) is 0 Å². The van der Waals surface area contributed by atoms with Gasteiger partial charge >= 0.3 is 0 Å². The van der Waals surface area contributed by atoms with Crippen molar-refractivity contribution in [3.8, 4) is 0 Å². The fourth-order valence-electron chi connectivity index (χ4n) is 4.06. The molecule has 0 radical (unpaired) electrons. The zero-order valence-corrected chi connectivity index (χ0v) is 15.7. The molecule has 0 unspecified atom stereocenters. The number of hydrogen-bond donors (Lipinski definition) is 0. The van der Waals surface area contributed by atoms with Gasteiger partial charge in [0.2, 0.25) is 5.91 Å². The number of benzene rings is 2. The summed E-state index contributed by atoms with van der Waals surface area (Å²) >= 11 is 0. The smallest absolute Gasteiger partial charge is 0.227 e. The van der Waals surface area contributed by atoms with Crippen LogP contribution in [0, 0.1) is 6.92 Å².